The Kier molecular flexibility index (Phi) is 6.83. The van der Waals surface area contributed by atoms with Gasteiger partial charge in [0.05, 0.1) is 11.9 Å². The molecule has 1 saturated heterocycles. The van der Waals surface area contributed by atoms with Gasteiger partial charge in [0, 0.05) is 41.4 Å². The van der Waals surface area contributed by atoms with Gasteiger partial charge in [0.15, 0.2) is 16.8 Å². The van der Waals surface area contributed by atoms with Crippen LogP contribution in [0.1, 0.15) is 34.6 Å². The quantitative estimate of drug-likeness (QED) is 0.236. The first-order valence-corrected chi connectivity index (χ1v) is 12.7. The van der Waals surface area contributed by atoms with E-state index >= 15 is 0 Å². The zero-order chi connectivity index (χ0) is 24.4. The van der Waals surface area contributed by atoms with Gasteiger partial charge in [-0.15, -0.1) is 10.2 Å². The van der Waals surface area contributed by atoms with E-state index in [9.17, 15) is 9.18 Å². The smallest absolute Gasteiger partial charge is 0.196 e. The van der Waals surface area contributed by atoms with Crippen molar-refractivity contribution in [1.82, 2.24) is 19.3 Å². The Hall–Kier alpha value is -3.23. The lowest BCUT2D eigenvalue weighted by molar-refractivity contribution is 0.0957. The standard InChI is InChI=1S/C27H27FN4O2S/c1-18-15-24(19(2)31(18)16-23-9-6-14-34-23)25(33)17-35-27-30-29-26(20-10-12-21(28)13-11-20)32(27)22-7-4-3-5-8-22/h3-5,7-8,10-13,15,23H,6,9,14,16-17H2,1-2H3. The van der Waals surface area contributed by atoms with E-state index in [1.807, 2.05) is 54.8 Å². The number of halogens is 1. The van der Waals surface area contributed by atoms with E-state index in [0.717, 1.165) is 54.2 Å². The third-order valence-corrected chi connectivity index (χ3v) is 7.30. The second kappa shape index (κ2) is 10.2. The zero-order valence-corrected chi connectivity index (χ0v) is 20.6. The number of Topliss-reactive ketones (excluding diaryl/α,β-unsaturated/α-hetero) is 1. The fourth-order valence-corrected chi connectivity index (χ4v) is 5.36. The van der Waals surface area contributed by atoms with Crippen LogP contribution in [0.25, 0.3) is 17.1 Å². The minimum Gasteiger partial charge on any atom is -0.376 e. The molecule has 180 valence electrons. The third-order valence-electron chi connectivity index (χ3n) is 6.37. The normalized spacial score (nSPS) is 15.6. The number of hydrogen-bond acceptors (Lipinski definition) is 5. The highest BCUT2D eigenvalue weighted by Crippen LogP contribution is 2.29. The minimum atomic E-state index is -0.309. The summed E-state index contributed by atoms with van der Waals surface area (Å²) in [4.78, 5) is 13.2. The summed E-state index contributed by atoms with van der Waals surface area (Å²) in [5.41, 5.74) is 4.40. The molecule has 0 radical (unpaired) electrons. The molecule has 1 fully saturated rings. The van der Waals surface area contributed by atoms with Crippen molar-refractivity contribution in [2.24, 2.45) is 0 Å². The maximum Gasteiger partial charge on any atom is 0.196 e. The lowest BCUT2D eigenvalue weighted by atomic mass is 10.2. The summed E-state index contributed by atoms with van der Waals surface area (Å²) < 4.78 is 23.4. The molecule has 0 spiro atoms. The largest absolute Gasteiger partial charge is 0.376 e. The molecule has 2 aromatic carbocycles. The van der Waals surface area contributed by atoms with Crippen molar-refractivity contribution >= 4 is 17.5 Å². The molecule has 0 saturated carbocycles. The van der Waals surface area contributed by atoms with Crippen LogP contribution in [0.5, 0.6) is 0 Å². The van der Waals surface area contributed by atoms with Gasteiger partial charge in [-0.05, 0) is 69.2 Å². The highest BCUT2D eigenvalue weighted by Gasteiger charge is 2.22. The topological polar surface area (TPSA) is 61.9 Å². The molecule has 0 N–H and O–H groups in total. The number of thioether (sulfide) groups is 1. The van der Waals surface area contributed by atoms with Crippen molar-refractivity contribution < 1.29 is 13.9 Å². The highest BCUT2D eigenvalue weighted by atomic mass is 32.2. The predicted molar refractivity (Wildman–Crippen MR) is 135 cm³/mol. The molecule has 1 atom stereocenters. The van der Waals surface area contributed by atoms with E-state index in [0.29, 0.717) is 11.0 Å². The second-order valence-electron chi connectivity index (χ2n) is 8.73. The Morgan fingerprint density at radius 2 is 1.89 bits per heavy atom. The first-order valence-electron chi connectivity index (χ1n) is 11.7. The summed E-state index contributed by atoms with van der Waals surface area (Å²) >= 11 is 1.35. The average Bonchev–Trinajstić information content (AvgIpc) is 3.60. The van der Waals surface area contributed by atoms with Gasteiger partial charge in [-0.2, -0.15) is 0 Å². The Bertz CT molecular complexity index is 1330. The fourth-order valence-electron chi connectivity index (χ4n) is 4.52. The van der Waals surface area contributed by atoms with Crippen LogP contribution < -0.4 is 0 Å². The predicted octanol–water partition coefficient (Wildman–Crippen LogP) is 5.65. The van der Waals surface area contributed by atoms with Crippen molar-refractivity contribution in [3.8, 4) is 17.1 Å². The number of para-hydroxylation sites is 1. The number of aryl methyl sites for hydroxylation is 1. The van der Waals surface area contributed by atoms with Gasteiger partial charge >= 0.3 is 0 Å². The second-order valence-corrected chi connectivity index (χ2v) is 9.67. The van der Waals surface area contributed by atoms with E-state index < -0.39 is 0 Å². The van der Waals surface area contributed by atoms with Crippen LogP contribution in [0.4, 0.5) is 4.39 Å². The van der Waals surface area contributed by atoms with Gasteiger partial charge in [-0.1, -0.05) is 30.0 Å². The van der Waals surface area contributed by atoms with Crippen molar-refractivity contribution in [3.63, 3.8) is 0 Å². The monoisotopic (exact) mass is 490 g/mol. The Labute approximate surface area is 208 Å². The maximum absolute atomic E-state index is 13.5. The summed E-state index contributed by atoms with van der Waals surface area (Å²) in [6.07, 6.45) is 2.36. The molecular formula is C27H27FN4O2S. The van der Waals surface area contributed by atoms with Gasteiger partial charge in [0.25, 0.3) is 0 Å². The molecule has 0 aliphatic carbocycles. The lowest BCUT2D eigenvalue weighted by Gasteiger charge is -2.14. The van der Waals surface area contributed by atoms with E-state index in [1.54, 1.807) is 12.1 Å². The number of hydrogen-bond donors (Lipinski definition) is 0. The Morgan fingerprint density at radius 3 is 2.60 bits per heavy atom. The summed E-state index contributed by atoms with van der Waals surface area (Å²) in [5.74, 6) is 0.573. The van der Waals surface area contributed by atoms with Gasteiger partial charge in [-0.25, -0.2) is 4.39 Å². The Morgan fingerprint density at radius 1 is 1.11 bits per heavy atom. The van der Waals surface area contributed by atoms with Crippen molar-refractivity contribution in [2.75, 3.05) is 12.4 Å². The molecule has 3 heterocycles. The molecule has 0 amide bonds. The summed E-state index contributed by atoms with van der Waals surface area (Å²) in [6, 6.07) is 17.9. The highest BCUT2D eigenvalue weighted by molar-refractivity contribution is 7.99. The van der Waals surface area contributed by atoms with Crippen LogP contribution in [0, 0.1) is 19.7 Å². The van der Waals surface area contributed by atoms with E-state index in [1.165, 1.54) is 23.9 Å². The fraction of sp³-hybridized carbons (Fsp3) is 0.296. The number of ketones is 1. The molecule has 0 bridgehead atoms. The van der Waals surface area contributed by atoms with E-state index in [-0.39, 0.29) is 23.5 Å². The molecular weight excluding hydrogens is 463 g/mol. The molecule has 8 heteroatoms. The van der Waals surface area contributed by atoms with Crippen molar-refractivity contribution in [2.45, 2.75) is 44.5 Å². The van der Waals surface area contributed by atoms with Crippen molar-refractivity contribution in [3.05, 3.63) is 83.4 Å². The van der Waals surface area contributed by atoms with Crippen molar-refractivity contribution in [1.29, 1.82) is 0 Å². The number of ether oxygens (including phenoxy) is 1. The first kappa shape index (κ1) is 23.5. The molecule has 1 aliphatic rings. The molecule has 35 heavy (non-hydrogen) atoms. The number of benzene rings is 2. The maximum atomic E-state index is 13.5. The number of aromatic nitrogens is 4. The number of carbonyl (C=O) groups excluding carboxylic acids is 1. The van der Waals surface area contributed by atoms with Gasteiger partial charge in [0.2, 0.25) is 0 Å². The molecule has 1 aliphatic heterocycles. The number of rotatable bonds is 8. The molecule has 2 aromatic heterocycles. The van der Waals surface area contributed by atoms with Crippen LogP contribution in [0.3, 0.4) is 0 Å². The van der Waals surface area contributed by atoms with E-state index in [4.69, 9.17) is 4.74 Å². The van der Waals surface area contributed by atoms with Crippen LogP contribution in [-0.2, 0) is 11.3 Å². The first-order chi connectivity index (χ1) is 17.0. The van der Waals surface area contributed by atoms with Gasteiger partial charge in [-0.3, -0.25) is 9.36 Å². The van der Waals surface area contributed by atoms with Crippen LogP contribution in [-0.4, -0.2) is 43.6 Å². The number of carbonyl (C=O) groups is 1. The van der Waals surface area contributed by atoms with Crippen LogP contribution >= 0.6 is 11.8 Å². The molecule has 6 nitrogen and oxygen atoms in total. The van der Waals surface area contributed by atoms with Crippen LogP contribution in [0.15, 0.2) is 65.8 Å². The lowest BCUT2D eigenvalue weighted by Crippen LogP contribution is -2.17. The summed E-state index contributed by atoms with van der Waals surface area (Å²) in [6.45, 7) is 5.63. The Balaban J connectivity index is 1.39. The van der Waals surface area contributed by atoms with Crippen LogP contribution in [0.2, 0.25) is 0 Å². The SMILES string of the molecule is Cc1cc(C(=O)CSc2nnc(-c3ccc(F)cc3)n2-c2ccccc2)c(C)n1CC1CCCO1. The zero-order valence-electron chi connectivity index (χ0n) is 19.8. The third kappa shape index (κ3) is 4.94. The van der Waals surface area contributed by atoms with Gasteiger partial charge in [0.1, 0.15) is 5.82 Å². The van der Waals surface area contributed by atoms with Gasteiger partial charge < -0.3 is 9.30 Å². The average molecular weight is 491 g/mol. The molecule has 4 aromatic rings. The molecule has 5 rings (SSSR count). The minimum absolute atomic E-state index is 0.0487. The van der Waals surface area contributed by atoms with E-state index in [2.05, 4.69) is 14.8 Å². The summed E-state index contributed by atoms with van der Waals surface area (Å²) in [5, 5.41) is 9.36. The summed E-state index contributed by atoms with van der Waals surface area (Å²) in [7, 11) is 0. The number of nitrogens with zero attached hydrogens (tertiary/aromatic N) is 4. The molecule has 1 unspecified atom stereocenters.